The van der Waals surface area contributed by atoms with Crippen LogP contribution in [0, 0.1) is 17.2 Å². The summed E-state index contributed by atoms with van der Waals surface area (Å²) in [4.78, 5) is 11.8. The zero-order chi connectivity index (χ0) is 11.5. The maximum absolute atomic E-state index is 11.7. The molecule has 0 fully saturated rings. The second kappa shape index (κ2) is 4.50. The first-order valence-electron chi connectivity index (χ1n) is 5.20. The van der Waals surface area contributed by atoms with Gasteiger partial charge < -0.3 is 0 Å². The van der Waals surface area contributed by atoms with E-state index in [1.165, 1.54) is 11.3 Å². The Morgan fingerprint density at radius 2 is 2.25 bits per heavy atom. The lowest BCUT2D eigenvalue weighted by Gasteiger charge is -2.04. The van der Waals surface area contributed by atoms with Crippen molar-refractivity contribution in [2.45, 2.75) is 19.9 Å². The van der Waals surface area contributed by atoms with Crippen LogP contribution in [-0.2, 0) is 6.54 Å². The molecule has 4 heteroatoms. The summed E-state index contributed by atoms with van der Waals surface area (Å²) < 4.78 is 2.77. The summed E-state index contributed by atoms with van der Waals surface area (Å²) in [5.74, 6) is -0.00874. The first-order valence-corrected chi connectivity index (χ1v) is 6.02. The van der Waals surface area contributed by atoms with Gasteiger partial charge in [-0.05, 0) is 25.5 Å². The highest BCUT2D eigenvalue weighted by Crippen LogP contribution is 2.17. The quantitative estimate of drug-likeness (QED) is 0.816. The summed E-state index contributed by atoms with van der Waals surface area (Å²) in [7, 11) is 0. The molecule has 3 nitrogen and oxygen atoms in total. The molecule has 1 heterocycles. The van der Waals surface area contributed by atoms with Crippen LogP contribution in [0.2, 0.25) is 0 Å². The van der Waals surface area contributed by atoms with Crippen LogP contribution in [0.25, 0.3) is 10.2 Å². The van der Waals surface area contributed by atoms with E-state index < -0.39 is 0 Å². The molecule has 1 unspecified atom stereocenters. The van der Waals surface area contributed by atoms with Crippen molar-refractivity contribution in [3.8, 4) is 6.07 Å². The number of nitriles is 1. The molecule has 0 saturated heterocycles. The zero-order valence-electron chi connectivity index (χ0n) is 9.01. The minimum absolute atomic E-state index is 0.00874. The van der Waals surface area contributed by atoms with Crippen LogP contribution < -0.4 is 4.87 Å². The Morgan fingerprint density at radius 1 is 1.50 bits per heavy atom. The van der Waals surface area contributed by atoms with Crippen molar-refractivity contribution in [2.24, 2.45) is 5.92 Å². The number of fused-ring (bicyclic) bond motifs is 1. The standard InChI is InChI=1S/C12H12N2OS/c1-9(8-13)6-7-14-10-4-2-3-5-11(10)16-12(14)15/h2-5,9H,6-7H2,1H3. The lowest BCUT2D eigenvalue weighted by atomic mass is 10.1. The van der Waals surface area contributed by atoms with Crippen LogP contribution in [0.1, 0.15) is 13.3 Å². The van der Waals surface area contributed by atoms with Gasteiger partial charge in [-0.15, -0.1) is 0 Å². The van der Waals surface area contributed by atoms with Crippen LogP contribution in [-0.4, -0.2) is 4.57 Å². The van der Waals surface area contributed by atoms with Gasteiger partial charge in [-0.1, -0.05) is 23.5 Å². The molecule has 16 heavy (non-hydrogen) atoms. The molecule has 1 aromatic heterocycles. The molecule has 0 aliphatic carbocycles. The average Bonchev–Trinajstić information content (AvgIpc) is 2.62. The Hall–Kier alpha value is -1.60. The Kier molecular flexibility index (Phi) is 3.07. The number of hydrogen-bond donors (Lipinski definition) is 0. The van der Waals surface area contributed by atoms with Gasteiger partial charge in [0.1, 0.15) is 0 Å². The van der Waals surface area contributed by atoms with Crippen LogP contribution in [0.4, 0.5) is 0 Å². The molecular formula is C12H12N2OS. The van der Waals surface area contributed by atoms with Crippen molar-refractivity contribution in [3.63, 3.8) is 0 Å². The lowest BCUT2D eigenvalue weighted by Crippen LogP contribution is -2.14. The van der Waals surface area contributed by atoms with E-state index in [4.69, 9.17) is 5.26 Å². The summed E-state index contributed by atoms with van der Waals surface area (Å²) in [6, 6.07) is 9.94. The monoisotopic (exact) mass is 232 g/mol. The summed E-state index contributed by atoms with van der Waals surface area (Å²) in [6.07, 6.45) is 0.719. The van der Waals surface area contributed by atoms with E-state index in [-0.39, 0.29) is 10.8 Å². The summed E-state index contributed by atoms with van der Waals surface area (Å²) in [5, 5.41) is 8.71. The second-order valence-corrected chi connectivity index (χ2v) is 4.80. The van der Waals surface area contributed by atoms with Crippen molar-refractivity contribution in [1.29, 1.82) is 5.26 Å². The lowest BCUT2D eigenvalue weighted by molar-refractivity contribution is 0.568. The molecule has 82 valence electrons. The van der Waals surface area contributed by atoms with Crippen molar-refractivity contribution in [3.05, 3.63) is 33.9 Å². The van der Waals surface area contributed by atoms with Crippen molar-refractivity contribution < 1.29 is 0 Å². The SMILES string of the molecule is CC(C#N)CCn1c(=O)sc2ccccc21. The summed E-state index contributed by atoms with van der Waals surface area (Å²) >= 11 is 1.26. The van der Waals surface area contributed by atoms with Crippen LogP contribution in [0.15, 0.2) is 29.1 Å². The fraction of sp³-hybridized carbons (Fsp3) is 0.333. The maximum Gasteiger partial charge on any atom is 0.308 e. The highest BCUT2D eigenvalue weighted by atomic mass is 32.1. The van der Waals surface area contributed by atoms with Crippen LogP contribution in [0.5, 0.6) is 0 Å². The Balaban J connectivity index is 2.34. The van der Waals surface area contributed by atoms with Gasteiger partial charge in [-0.3, -0.25) is 9.36 Å². The molecule has 0 aliphatic rings. The Morgan fingerprint density at radius 3 is 3.00 bits per heavy atom. The van der Waals surface area contributed by atoms with Gasteiger partial charge in [0.2, 0.25) is 0 Å². The van der Waals surface area contributed by atoms with E-state index in [1.807, 2.05) is 31.2 Å². The molecule has 0 saturated carbocycles. The van der Waals surface area contributed by atoms with Crippen molar-refractivity contribution in [1.82, 2.24) is 4.57 Å². The van der Waals surface area contributed by atoms with E-state index in [0.717, 1.165) is 16.6 Å². The first-order chi connectivity index (χ1) is 7.72. The molecule has 1 atom stereocenters. The number of para-hydroxylation sites is 1. The van der Waals surface area contributed by atoms with E-state index >= 15 is 0 Å². The molecular weight excluding hydrogens is 220 g/mol. The number of aromatic nitrogens is 1. The molecule has 0 spiro atoms. The minimum Gasteiger partial charge on any atom is -0.299 e. The van der Waals surface area contributed by atoms with E-state index in [1.54, 1.807) is 4.57 Å². The maximum atomic E-state index is 11.7. The predicted molar refractivity (Wildman–Crippen MR) is 65.5 cm³/mol. The van der Waals surface area contributed by atoms with Gasteiger partial charge in [0, 0.05) is 12.5 Å². The number of nitrogens with zero attached hydrogens (tertiary/aromatic N) is 2. The van der Waals surface area contributed by atoms with Crippen LogP contribution >= 0.6 is 11.3 Å². The highest BCUT2D eigenvalue weighted by Gasteiger charge is 2.07. The van der Waals surface area contributed by atoms with E-state index in [2.05, 4.69) is 6.07 Å². The fourth-order valence-electron chi connectivity index (χ4n) is 1.61. The van der Waals surface area contributed by atoms with Gasteiger partial charge in [0.15, 0.2) is 0 Å². The van der Waals surface area contributed by atoms with Crippen molar-refractivity contribution in [2.75, 3.05) is 0 Å². The third kappa shape index (κ3) is 2.00. The van der Waals surface area contributed by atoms with Gasteiger partial charge in [0.05, 0.1) is 16.3 Å². The number of thiazole rings is 1. The predicted octanol–water partition coefficient (Wildman–Crippen LogP) is 2.61. The van der Waals surface area contributed by atoms with Gasteiger partial charge in [-0.25, -0.2) is 0 Å². The molecule has 0 N–H and O–H groups in total. The first kappa shape index (κ1) is 10.9. The largest absolute Gasteiger partial charge is 0.308 e. The second-order valence-electron chi connectivity index (χ2n) is 3.81. The van der Waals surface area contributed by atoms with Gasteiger partial charge >= 0.3 is 4.87 Å². The topological polar surface area (TPSA) is 45.8 Å². The number of rotatable bonds is 3. The van der Waals surface area contributed by atoms with Gasteiger partial charge in [0.25, 0.3) is 0 Å². The smallest absolute Gasteiger partial charge is 0.299 e. The normalized spacial score (nSPS) is 12.5. The van der Waals surface area contributed by atoms with Crippen molar-refractivity contribution >= 4 is 21.6 Å². The highest BCUT2D eigenvalue weighted by molar-refractivity contribution is 7.16. The average molecular weight is 232 g/mol. The molecule has 0 radical (unpaired) electrons. The van der Waals surface area contributed by atoms with Gasteiger partial charge in [-0.2, -0.15) is 5.26 Å². The fourth-order valence-corrected chi connectivity index (χ4v) is 2.53. The molecule has 1 aromatic carbocycles. The number of benzene rings is 1. The molecule has 0 amide bonds. The summed E-state index contributed by atoms with van der Waals surface area (Å²) in [6.45, 7) is 2.50. The van der Waals surface area contributed by atoms with E-state index in [9.17, 15) is 4.79 Å². The molecule has 2 aromatic rings. The Bertz CT molecular complexity index is 591. The van der Waals surface area contributed by atoms with Crippen LogP contribution in [0.3, 0.4) is 0 Å². The number of aryl methyl sites for hydroxylation is 1. The molecule has 2 rings (SSSR count). The zero-order valence-corrected chi connectivity index (χ0v) is 9.83. The third-order valence-electron chi connectivity index (χ3n) is 2.58. The number of hydrogen-bond acceptors (Lipinski definition) is 3. The van der Waals surface area contributed by atoms with E-state index in [0.29, 0.717) is 6.54 Å². The molecule has 0 bridgehead atoms. The molecule has 0 aliphatic heterocycles. The Labute approximate surface area is 97.6 Å². The third-order valence-corrected chi connectivity index (χ3v) is 3.54. The minimum atomic E-state index is -0.00874. The summed E-state index contributed by atoms with van der Waals surface area (Å²) in [5.41, 5.74) is 0.975.